The van der Waals surface area contributed by atoms with E-state index in [1.165, 1.54) is 16.8 Å². The summed E-state index contributed by atoms with van der Waals surface area (Å²) in [5.41, 5.74) is 3.86. The lowest BCUT2D eigenvalue weighted by Crippen LogP contribution is -2.38. The molecule has 0 spiro atoms. The molecule has 1 fully saturated rings. The van der Waals surface area contributed by atoms with E-state index in [0.717, 1.165) is 13.0 Å². The highest BCUT2D eigenvalue weighted by Crippen LogP contribution is 2.39. The molecule has 1 aromatic carbocycles. The monoisotopic (exact) mass is 261 g/mol. The van der Waals surface area contributed by atoms with Crippen LogP contribution in [-0.4, -0.2) is 23.2 Å². The van der Waals surface area contributed by atoms with Crippen molar-refractivity contribution in [1.29, 1.82) is 0 Å². The zero-order valence-corrected chi connectivity index (χ0v) is 12.2. The fraction of sp³-hybridized carbons (Fsp3) is 0.562. The van der Waals surface area contributed by atoms with Crippen LogP contribution in [0.1, 0.15) is 37.8 Å². The highest BCUT2D eigenvalue weighted by atomic mass is 16.4. The molecule has 104 valence electrons. The molecular weight excluding hydrogens is 238 g/mol. The fourth-order valence-electron chi connectivity index (χ4n) is 3.22. The zero-order chi connectivity index (χ0) is 14.2. The van der Waals surface area contributed by atoms with E-state index in [1.54, 1.807) is 0 Å². The Balaban J connectivity index is 2.29. The molecule has 0 radical (unpaired) electrons. The Hall–Kier alpha value is -1.51. The van der Waals surface area contributed by atoms with E-state index >= 15 is 0 Å². The molecule has 0 amide bonds. The first kappa shape index (κ1) is 13.9. The molecule has 3 heteroatoms. The number of carboxylic acid groups (broad SMARTS) is 1. The first-order valence-corrected chi connectivity index (χ1v) is 6.87. The molecule has 1 unspecified atom stereocenters. The number of carbonyl (C=O) groups is 1. The van der Waals surface area contributed by atoms with Crippen molar-refractivity contribution in [1.82, 2.24) is 0 Å². The lowest BCUT2D eigenvalue weighted by Gasteiger charge is -2.35. The molecule has 1 saturated heterocycles. The molecule has 3 nitrogen and oxygen atoms in total. The third kappa shape index (κ3) is 2.75. The van der Waals surface area contributed by atoms with Crippen molar-refractivity contribution in [2.24, 2.45) is 5.92 Å². The van der Waals surface area contributed by atoms with Gasteiger partial charge in [-0.1, -0.05) is 12.1 Å². The fourth-order valence-corrected chi connectivity index (χ4v) is 3.22. The number of anilines is 1. The summed E-state index contributed by atoms with van der Waals surface area (Å²) in [5, 5.41) is 8.98. The molecule has 1 N–H and O–H groups in total. The van der Waals surface area contributed by atoms with Gasteiger partial charge in [0.2, 0.25) is 0 Å². The van der Waals surface area contributed by atoms with Crippen molar-refractivity contribution in [2.45, 2.75) is 46.1 Å². The molecule has 1 aliphatic heterocycles. The minimum Gasteiger partial charge on any atom is -0.481 e. The lowest BCUT2D eigenvalue weighted by atomic mass is 9.94. The Labute approximate surface area is 115 Å². The second-order valence-electron chi connectivity index (χ2n) is 6.31. The maximum absolute atomic E-state index is 10.9. The van der Waals surface area contributed by atoms with Crippen LogP contribution in [0.2, 0.25) is 0 Å². The van der Waals surface area contributed by atoms with Crippen LogP contribution in [0.25, 0.3) is 0 Å². The largest absolute Gasteiger partial charge is 0.481 e. The second kappa shape index (κ2) is 4.87. The van der Waals surface area contributed by atoms with Crippen LogP contribution in [0, 0.1) is 19.8 Å². The quantitative estimate of drug-likeness (QED) is 0.906. The Morgan fingerprint density at radius 1 is 1.42 bits per heavy atom. The number of nitrogens with zero attached hydrogens (tertiary/aromatic N) is 1. The van der Waals surface area contributed by atoms with Crippen LogP contribution < -0.4 is 4.90 Å². The lowest BCUT2D eigenvalue weighted by molar-refractivity contribution is -0.137. The van der Waals surface area contributed by atoms with E-state index < -0.39 is 5.97 Å². The number of aliphatic carboxylic acids is 1. The third-order valence-electron chi connectivity index (χ3n) is 4.29. The zero-order valence-electron chi connectivity index (χ0n) is 12.2. The predicted molar refractivity (Wildman–Crippen MR) is 77.7 cm³/mol. The molecule has 1 aromatic rings. The first-order chi connectivity index (χ1) is 8.81. The number of carboxylic acids is 1. The summed E-state index contributed by atoms with van der Waals surface area (Å²) in [6.07, 6.45) is 1.21. The van der Waals surface area contributed by atoms with Crippen molar-refractivity contribution in [2.75, 3.05) is 11.4 Å². The molecule has 1 atom stereocenters. The van der Waals surface area contributed by atoms with Gasteiger partial charge in [-0.05, 0) is 57.2 Å². The average Bonchev–Trinajstić information content (AvgIpc) is 2.56. The van der Waals surface area contributed by atoms with Crippen LogP contribution in [0.15, 0.2) is 18.2 Å². The molecule has 0 saturated carbocycles. The number of hydrogen-bond acceptors (Lipinski definition) is 2. The van der Waals surface area contributed by atoms with E-state index in [1.807, 2.05) is 0 Å². The van der Waals surface area contributed by atoms with E-state index in [9.17, 15) is 4.79 Å². The van der Waals surface area contributed by atoms with Crippen LogP contribution in [0.4, 0.5) is 5.69 Å². The van der Waals surface area contributed by atoms with Crippen LogP contribution in [-0.2, 0) is 4.79 Å². The van der Waals surface area contributed by atoms with Gasteiger partial charge in [0.1, 0.15) is 0 Å². The van der Waals surface area contributed by atoms with E-state index in [-0.39, 0.29) is 17.9 Å². The van der Waals surface area contributed by atoms with E-state index in [0.29, 0.717) is 0 Å². The number of aryl methyl sites for hydroxylation is 1. The highest BCUT2D eigenvalue weighted by Gasteiger charge is 2.39. The van der Waals surface area contributed by atoms with Gasteiger partial charge in [-0.2, -0.15) is 0 Å². The molecule has 2 rings (SSSR count). The average molecular weight is 261 g/mol. The third-order valence-corrected chi connectivity index (χ3v) is 4.29. The summed E-state index contributed by atoms with van der Waals surface area (Å²) < 4.78 is 0. The molecular formula is C16H23NO2. The van der Waals surface area contributed by atoms with Gasteiger partial charge in [0.25, 0.3) is 0 Å². The maximum atomic E-state index is 10.9. The summed E-state index contributed by atoms with van der Waals surface area (Å²) in [7, 11) is 0. The molecule has 1 aliphatic rings. The number of benzene rings is 1. The van der Waals surface area contributed by atoms with Crippen molar-refractivity contribution in [3.8, 4) is 0 Å². The second-order valence-corrected chi connectivity index (χ2v) is 6.31. The van der Waals surface area contributed by atoms with Gasteiger partial charge in [-0.25, -0.2) is 0 Å². The maximum Gasteiger partial charge on any atom is 0.303 e. The minimum atomic E-state index is -0.691. The Bertz CT molecular complexity index is 494. The van der Waals surface area contributed by atoms with E-state index in [2.05, 4.69) is 50.8 Å². The van der Waals surface area contributed by atoms with Crippen LogP contribution in [0.3, 0.4) is 0 Å². The van der Waals surface area contributed by atoms with Crippen LogP contribution in [0.5, 0.6) is 0 Å². The summed E-state index contributed by atoms with van der Waals surface area (Å²) in [6, 6.07) is 6.35. The van der Waals surface area contributed by atoms with Gasteiger partial charge in [-0.3, -0.25) is 4.79 Å². The summed E-state index contributed by atoms with van der Waals surface area (Å²) in [4.78, 5) is 13.3. The Morgan fingerprint density at radius 2 is 2.11 bits per heavy atom. The highest BCUT2D eigenvalue weighted by molar-refractivity contribution is 5.67. The standard InChI is InChI=1S/C16H23NO2/c1-11-6-5-7-14(12(11)2)17-10-13(8-15(18)19)9-16(17,3)4/h5-7,13H,8-10H2,1-4H3,(H,18,19). The normalized spacial score (nSPS) is 21.7. The van der Waals surface area contributed by atoms with Crippen LogP contribution >= 0.6 is 0 Å². The topological polar surface area (TPSA) is 40.5 Å². The number of rotatable bonds is 3. The molecule has 1 heterocycles. The van der Waals surface area contributed by atoms with Gasteiger partial charge in [0.05, 0.1) is 0 Å². The smallest absolute Gasteiger partial charge is 0.303 e. The van der Waals surface area contributed by atoms with Gasteiger partial charge in [-0.15, -0.1) is 0 Å². The predicted octanol–water partition coefficient (Wildman–Crippen LogP) is 3.38. The number of hydrogen-bond donors (Lipinski definition) is 1. The van der Waals surface area contributed by atoms with Gasteiger partial charge >= 0.3 is 5.97 Å². The first-order valence-electron chi connectivity index (χ1n) is 6.87. The molecule has 0 aromatic heterocycles. The molecule has 19 heavy (non-hydrogen) atoms. The summed E-state index contributed by atoms with van der Waals surface area (Å²) in [6.45, 7) is 9.51. The van der Waals surface area contributed by atoms with Crippen molar-refractivity contribution in [3.63, 3.8) is 0 Å². The van der Waals surface area contributed by atoms with Crippen molar-refractivity contribution in [3.05, 3.63) is 29.3 Å². The molecule has 0 bridgehead atoms. The van der Waals surface area contributed by atoms with E-state index in [4.69, 9.17) is 5.11 Å². The molecule has 0 aliphatic carbocycles. The van der Waals surface area contributed by atoms with Gasteiger partial charge < -0.3 is 10.0 Å². The van der Waals surface area contributed by atoms with Gasteiger partial charge in [0.15, 0.2) is 0 Å². The summed E-state index contributed by atoms with van der Waals surface area (Å²) >= 11 is 0. The van der Waals surface area contributed by atoms with Crippen molar-refractivity contribution < 1.29 is 9.90 Å². The SMILES string of the molecule is Cc1cccc(N2CC(CC(=O)O)CC2(C)C)c1C. The summed E-state index contributed by atoms with van der Waals surface area (Å²) in [5.74, 6) is -0.448. The Kier molecular flexibility index (Phi) is 3.57. The van der Waals surface area contributed by atoms with Gasteiger partial charge in [0, 0.05) is 24.2 Å². The minimum absolute atomic E-state index is 0.0265. The Morgan fingerprint density at radius 3 is 2.74 bits per heavy atom. The van der Waals surface area contributed by atoms with Crippen molar-refractivity contribution >= 4 is 11.7 Å².